The van der Waals surface area contributed by atoms with Crippen LogP contribution < -0.4 is 5.56 Å². The van der Waals surface area contributed by atoms with E-state index in [9.17, 15) is 4.79 Å². The third-order valence-corrected chi connectivity index (χ3v) is 4.90. The van der Waals surface area contributed by atoms with Crippen molar-refractivity contribution in [1.82, 2.24) is 9.38 Å². The van der Waals surface area contributed by atoms with Gasteiger partial charge in [-0.15, -0.1) is 0 Å². The van der Waals surface area contributed by atoms with E-state index in [0.717, 1.165) is 33.5 Å². The first-order chi connectivity index (χ1) is 13.7. The lowest BCUT2D eigenvalue weighted by molar-refractivity contribution is 0.128. The average Bonchev–Trinajstić information content (AvgIpc) is 3.02. The molecule has 0 radical (unpaired) electrons. The zero-order valence-corrected chi connectivity index (χ0v) is 15.3. The molecule has 4 aromatic rings. The molecule has 1 aliphatic rings. The molecule has 0 fully saturated rings. The van der Waals surface area contributed by atoms with Gasteiger partial charge in [-0.2, -0.15) is 0 Å². The first-order valence-electron chi connectivity index (χ1n) is 9.09. The summed E-state index contributed by atoms with van der Waals surface area (Å²) in [5, 5.41) is 4.40. The molecule has 1 aliphatic carbocycles. The second-order valence-corrected chi connectivity index (χ2v) is 6.82. The van der Waals surface area contributed by atoms with Gasteiger partial charge in [0.2, 0.25) is 0 Å². The molecule has 0 atom stereocenters. The van der Waals surface area contributed by atoms with E-state index in [1.807, 2.05) is 55.5 Å². The van der Waals surface area contributed by atoms with E-state index in [-0.39, 0.29) is 12.2 Å². The van der Waals surface area contributed by atoms with Gasteiger partial charge in [0.05, 0.1) is 5.69 Å². The van der Waals surface area contributed by atoms with Gasteiger partial charge < -0.3 is 4.84 Å². The molecular formula is C23H17N3O2. The van der Waals surface area contributed by atoms with Crippen LogP contribution in [0.25, 0.3) is 16.8 Å². The molecule has 136 valence electrons. The number of hydrogen-bond donors (Lipinski definition) is 0. The maximum Gasteiger partial charge on any atom is 0.258 e. The minimum atomic E-state index is -0.132. The fourth-order valence-corrected chi connectivity index (χ4v) is 3.58. The van der Waals surface area contributed by atoms with Crippen molar-refractivity contribution in [3.63, 3.8) is 0 Å². The predicted octanol–water partition coefficient (Wildman–Crippen LogP) is 3.95. The standard InChI is InChI=1S/C23H17N3O2/c1-15-10-11-26-21(12-15)24-16(13-22(26)27)14-28-25-23-19-8-4-2-6-17(19)18-7-3-5-9-20(18)23/h2-13H,14H2,1H3. The van der Waals surface area contributed by atoms with E-state index < -0.39 is 0 Å². The molecule has 0 saturated carbocycles. The highest BCUT2D eigenvalue weighted by Gasteiger charge is 2.24. The summed E-state index contributed by atoms with van der Waals surface area (Å²) in [6, 6.07) is 21.5. The zero-order chi connectivity index (χ0) is 19.1. The van der Waals surface area contributed by atoms with E-state index in [2.05, 4.69) is 22.3 Å². The molecule has 2 aromatic carbocycles. The Morgan fingerprint density at radius 1 is 0.929 bits per heavy atom. The van der Waals surface area contributed by atoms with Gasteiger partial charge in [0.25, 0.3) is 5.56 Å². The number of hydrogen-bond acceptors (Lipinski definition) is 4. The van der Waals surface area contributed by atoms with Crippen molar-refractivity contribution >= 4 is 11.4 Å². The number of aryl methyl sites for hydroxylation is 1. The van der Waals surface area contributed by atoms with E-state index in [1.54, 1.807) is 6.20 Å². The molecule has 2 aromatic heterocycles. The molecule has 5 heteroatoms. The van der Waals surface area contributed by atoms with Crippen molar-refractivity contribution in [3.05, 3.63) is 106 Å². The quantitative estimate of drug-likeness (QED) is 0.454. The van der Waals surface area contributed by atoms with E-state index in [0.29, 0.717) is 11.3 Å². The molecule has 0 N–H and O–H groups in total. The average molecular weight is 367 g/mol. The van der Waals surface area contributed by atoms with Gasteiger partial charge >= 0.3 is 0 Å². The summed E-state index contributed by atoms with van der Waals surface area (Å²) < 4.78 is 1.52. The molecule has 0 spiro atoms. The third-order valence-electron chi connectivity index (χ3n) is 4.90. The number of fused-ring (bicyclic) bond motifs is 4. The van der Waals surface area contributed by atoms with Crippen LogP contribution in [-0.2, 0) is 11.4 Å². The third kappa shape index (κ3) is 2.68. The van der Waals surface area contributed by atoms with Crippen molar-refractivity contribution in [2.45, 2.75) is 13.5 Å². The Kier molecular flexibility index (Phi) is 3.79. The Balaban J connectivity index is 1.48. The minimum absolute atomic E-state index is 0.132. The summed E-state index contributed by atoms with van der Waals surface area (Å²) in [5.41, 5.74) is 7.28. The largest absolute Gasteiger partial charge is 0.389 e. The second kappa shape index (κ2) is 6.46. The lowest BCUT2D eigenvalue weighted by Crippen LogP contribution is -2.15. The number of oxime groups is 1. The molecule has 0 amide bonds. The van der Waals surface area contributed by atoms with Crippen molar-refractivity contribution in [3.8, 4) is 11.1 Å². The molecule has 0 bridgehead atoms. The summed E-state index contributed by atoms with van der Waals surface area (Å²) in [6.07, 6.45) is 1.73. The fourth-order valence-electron chi connectivity index (χ4n) is 3.58. The summed E-state index contributed by atoms with van der Waals surface area (Å²) >= 11 is 0. The Bertz CT molecular complexity index is 1260. The first-order valence-corrected chi connectivity index (χ1v) is 9.09. The molecule has 2 heterocycles. The van der Waals surface area contributed by atoms with Crippen molar-refractivity contribution in [2.24, 2.45) is 5.16 Å². The van der Waals surface area contributed by atoms with Crippen LogP contribution in [0, 0.1) is 6.92 Å². The van der Waals surface area contributed by atoms with Gasteiger partial charge in [0.1, 0.15) is 11.4 Å². The van der Waals surface area contributed by atoms with Crippen molar-refractivity contribution in [2.75, 3.05) is 0 Å². The van der Waals surface area contributed by atoms with Crippen LogP contribution >= 0.6 is 0 Å². The Labute approximate surface area is 161 Å². The van der Waals surface area contributed by atoms with Gasteiger partial charge in [-0.1, -0.05) is 53.7 Å². The maximum absolute atomic E-state index is 12.3. The van der Waals surface area contributed by atoms with Crippen LogP contribution in [0.15, 0.2) is 82.9 Å². The molecule has 5 rings (SSSR count). The van der Waals surface area contributed by atoms with E-state index in [1.165, 1.54) is 10.5 Å². The monoisotopic (exact) mass is 367 g/mol. The molecule has 5 nitrogen and oxygen atoms in total. The maximum atomic E-state index is 12.3. The highest BCUT2D eigenvalue weighted by atomic mass is 16.6. The van der Waals surface area contributed by atoms with Crippen LogP contribution in [-0.4, -0.2) is 15.1 Å². The second-order valence-electron chi connectivity index (χ2n) is 6.82. The number of rotatable bonds is 3. The highest BCUT2D eigenvalue weighted by molar-refractivity contribution is 6.24. The van der Waals surface area contributed by atoms with E-state index in [4.69, 9.17) is 4.84 Å². The molecule has 0 saturated heterocycles. The smallest absolute Gasteiger partial charge is 0.258 e. The summed E-state index contributed by atoms with van der Waals surface area (Å²) in [6.45, 7) is 2.10. The highest BCUT2D eigenvalue weighted by Crippen LogP contribution is 2.36. The molecule has 28 heavy (non-hydrogen) atoms. The molecule has 0 unspecified atom stereocenters. The molecule has 0 aliphatic heterocycles. The van der Waals surface area contributed by atoms with Crippen molar-refractivity contribution < 1.29 is 4.84 Å². The Morgan fingerprint density at radius 3 is 2.25 bits per heavy atom. The number of benzene rings is 2. The van der Waals surface area contributed by atoms with Gasteiger partial charge in [0.15, 0.2) is 6.61 Å². The lowest BCUT2D eigenvalue weighted by atomic mass is 10.1. The van der Waals surface area contributed by atoms with Gasteiger partial charge in [-0.25, -0.2) is 4.98 Å². The summed E-state index contributed by atoms with van der Waals surface area (Å²) in [5.74, 6) is 0. The van der Waals surface area contributed by atoms with Crippen LogP contribution in [0.2, 0.25) is 0 Å². The minimum Gasteiger partial charge on any atom is -0.389 e. The van der Waals surface area contributed by atoms with Crippen molar-refractivity contribution in [1.29, 1.82) is 0 Å². The van der Waals surface area contributed by atoms with Crippen LogP contribution in [0.1, 0.15) is 22.4 Å². The fraction of sp³-hybridized carbons (Fsp3) is 0.0870. The summed E-state index contributed by atoms with van der Waals surface area (Å²) in [7, 11) is 0. The zero-order valence-electron chi connectivity index (χ0n) is 15.3. The predicted molar refractivity (Wildman–Crippen MR) is 109 cm³/mol. The molecular weight excluding hydrogens is 350 g/mol. The number of nitrogens with zero attached hydrogens (tertiary/aromatic N) is 3. The topological polar surface area (TPSA) is 56.0 Å². The summed E-state index contributed by atoms with van der Waals surface area (Å²) in [4.78, 5) is 22.4. The number of aromatic nitrogens is 2. The number of pyridine rings is 1. The van der Waals surface area contributed by atoms with Crippen LogP contribution in [0.4, 0.5) is 0 Å². The van der Waals surface area contributed by atoms with Gasteiger partial charge in [-0.05, 0) is 35.7 Å². The van der Waals surface area contributed by atoms with Crippen LogP contribution in [0.3, 0.4) is 0 Å². The van der Waals surface area contributed by atoms with Crippen LogP contribution in [0.5, 0.6) is 0 Å². The van der Waals surface area contributed by atoms with Gasteiger partial charge in [-0.3, -0.25) is 9.20 Å². The van der Waals surface area contributed by atoms with E-state index >= 15 is 0 Å². The van der Waals surface area contributed by atoms with Gasteiger partial charge in [0, 0.05) is 23.4 Å². The SMILES string of the molecule is Cc1ccn2c(=O)cc(CON=C3c4ccccc4-c4ccccc43)nc2c1. The normalized spacial score (nSPS) is 12.0. The lowest BCUT2D eigenvalue weighted by Gasteiger charge is -2.05. The Hall–Kier alpha value is -3.73. The first kappa shape index (κ1) is 16.4. The Morgan fingerprint density at radius 2 is 1.57 bits per heavy atom.